The van der Waals surface area contributed by atoms with Crippen molar-refractivity contribution >= 4 is 11.8 Å². The molecule has 2 aromatic carbocycles. The summed E-state index contributed by atoms with van der Waals surface area (Å²) in [7, 11) is 0. The van der Waals surface area contributed by atoms with Crippen molar-refractivity contribution in [3.8, 4) is 22.9 Å². The highest BCUT2D eigenvalue weighted by atomic mass is 32.2. The summed E-state index contributed by atoms with van der Waals surface area (Å²) in [5, 5.41) is 9.54. The molecule has 0 N–H and O–H groups in total. The molecular formula is C23H18N4O2S. The zero-order valence-corrected chi connectivity index (χ0v) is 16.8. The van der Waals surface area contributed by atoms with Gasteiger partial charge in [-0.15, -0.1) is 10.2 Å². The van der Waals surface area contributed by atoms with Crippen molar-refractivity contribution < 1.29 is 8.83 Å². The fraction of sp³-hybridized carbons (Fsp3) is 0.0870. The van der Waals surface area contributed by atoms with Crippen LogP contribution in [0.3, 0.4) is 0 Å². The van der Waals surface area contributed by atoms with E-state index in [9.17, 15) is 0 Å². The Morgan fingerprint density at radius 1 is 0.833 bits per heavy atom. The SMILES string of the molecule is c1ccc(Cn2c(SCc3ncc(-c4ccccc4)o3)nnc2-c2ccco2)cc1. The quantitative estimate of drug-likeness (QED) is 0.326. The first kappa shape index (κ1) is 18.4. The molecule has 0 aliphatic carbocycles. The Balaban J connectivity index is 1.39. The fourth-order valence-corrected chi connectivity index (χ4v) is 3.92. The second-order valence-electron chi connectivity index (χ2n) is 6.63. The predicted octanol–water partition coefficient (Wildman–Crippen LogP) is 5.53. The van der Waals surface area contributed by atoms with Crippen LogP contribution in [0.15, 0.2) is 99.2 Å². The fourth-order valence-electron chi connectivity index (χ4n) is 3.13. The first-order valence-electron chi connectivity index (χ1n) is 9.51. The van der Waals surface area contributed by atoms with Crippen molar-refractivity contribution in [2.75, 3.05) is 0 Å². The monoisotopic (exact) mass is 414 g/mol. The van der Waals surface area contributed by atoms with Crippen LogP contribution in [-0.2, 0) is 12.3 Å². The Kier molecular flexibility index (Phi) is 5.18. The molecule has 0 bridgehead atoms. The van der Waals surface area contributed by atoms with E-state index in [1.54, 1.807) is 12.5 Å². The van der Waals surface area contributed by atoms with E-state index < -0.39 is 0 Å². The lowest BCUT2D eigenvalue weighted by molar-refractivity contribution is 0.529. The third-order valence-corrected chi connectivity index (χ3v) is 5.53. The minimum atomic E-state index is 0.553. The van der Waals surface area contributed by atoms with Crippen LogP contribution >= 0.6 is 11.8 Å². The number of hydrogen-bond donors (Lipinski definition) is 0. The molecule has 3 aromatic heterocycles. The standard InChI is InChI=1S/C23H18N4O2S/c1-3-8-17(9-4-1)15-27-22(19-12-7-13-28-19)25-26-23(27)30-16-21-24-14-20(29-21)18-10-5-2-6-11-18/h1-14H,15-16H2. The van der Waals surface area contributed by atoms with Gasteiger partial charge in [0.05, 0.1) is 24.8 Å². The van der Waals surface area contributed by atoms with Crippen LogP contribution < -0.4 is 0 Å². The molecular weight excluding hydrogens is 396 g/mol. The molecule has 3 heterocycles. The van der Waals surface area contributed by atoms with Gasteiger partial charge >= 0.3 is 0 Å². The van der Waals surface area contributed by atoms with E-state index >= 15 is 0 Å². The highest BCUT2D eigenvalue weighted by Gasteiger charge is 2.18. The molecule has 0 amide bonds. The van der Waals surface area contributed by atoms with Crippen molar-refractivity contribution in [1.29, 1.82) is 0 Å². The summed E-state index contributed by atoms with van der Waals surface area (Å²) in [5.74, 6) is 3.34. The summed E-state index contributed by atoms with van der Waals surface area (Å²) in [6, 6.07) is 23.9. The summed E-state index contributed by atoms with van der Waals surface area (Å²) >= 11 is 1.54. The van der Waals surface area contributed by atoms with Gasteiger partial charge in [0.2, 0.25) is 11.7 Å². The van der Waals surface area contributed by atoms with Gasteiger partial charge in [0.25, 0.3) is 0 Å². The number of aromatic nitrogens is 4. The molecule has 0 aliphatic rings. The largest absolute Gasteiger partial charge is 0.461 e. The van der Waals surface area contributed by atoms with Gasteiger partial charge in [0.1, 0.15) is 0 Å². The summed E-state index contributed by atoms with van der Waals surface area (Å²) in [6.45, 7) is 0.646. The molecule has 0 aliphatic heterocycles. The third kappa shape index (κ3) is 3.92. The Hall–Kier alpha value is -3.58. The Morgan fingerprint density at radius 3 is 2.40 bits per heavy atom. The second-order valence-corrected chi connectivity index (χ2v) is 7.57. The molecule has 7 heteroatoms. The maximum Gasteiger partial charge on any atom is 0.205 e. The molecule has 0 saturated heterocycles. The van der Waals surface area contributed by atoms with Crippen LogP contribution in [-0.4, -0.2) is 19.7 Å². The number of nitrogens with zero attached hydrogens (tertiary/aromatic N) is 4. The molecule has 0 atom stereocenters. The molecule has 148 valence electrons. The zero-order chi connectivity index (χ0) is 20.2. The molecule has 5 aromatic rings. The number of rotatable bonds is 7. The molecule has 0 saturated carbocycles. The van der Waals surface area contributed by atoms with Crippen molar-refractivity contribution in [3.05, 3.63) is 96.7 Å². The number of hydrogen-bond acceptors (Lipinski definition) is 6. The molecule has 30 heavy (non-hydrogen) atoms. The number of furan rings is 1. The summed E-state index contributed by atoms with van der Waals surface area (Å²) in [6.07, 6.45) is 3.40. The predicted molar refractivity (Wildman–Crippen MR) is 115 cm³/mol. The molecule has 0 fully saturated rings. The van der Waals surface area contributed by atoms with Crippen LogP contribution in [0.1, 0.15) is 11.5 Å². The average molecular weight is 414 g/mol. The van der Waals surface area contributed by atoms with Gasteiger partial charge in [0.15, 0.2) is 16.7 Å². The van der Waals surface area contributed by atoms with E-state index in [4.69, 9.17) is 8.83 Å². The average Bonchev–Trinajstić information content (AvgIpc) is 3.55. The van der Waals surface area contributed by atoms with E-state index in [2.05, 4.69) is 31.9 Å². The van der Waals surface area contributed by atoms with Crippen LogP contribution in [0.2, 0.25) is 0 Å². The summed E-state index contributed by atoms with van der Waals surface area (Å²) in [5.41, 5.74) is 2.17. The van der Waals surface area contributed by atoms with Gasteiger partial charge in [0, 0.05) is 5.56 Å². The van der Waals surface area contributed by atoms with Gasteiger partial charge in [-0.05, 0) is 17.7 Å². The van der Waals surface area contributed by atoms with Crippen LogP contribution in [0.25, 0.3) is 22.9 Å². The van der Waals surface area contributed by atoms with E-state index in [0.717, 1.165) is 22.0 Å². The normalized spacial score (nSPS) is 11.1. The van der Waals surface area contributed by atoms with Crippen LogP contribution in [0, 0.1) is 0 Å². The topological polar surface area (TPSA) is 69.9 Å². The zero-order valence-electron chi connectivity index (χ0n) is 16.0. The van der Waals surface area contributed by atoms with E-state index in [0.29, 0.717) is 29.8 Å². The lowest BCUT2D eigenvalue weighted by atomic mass is 10.2. The lowest BCUT2D eigenvalue weighted by Crippen LogP contribution is -2.03. The van der Waals surface area contributed by atoms with Gasteiger partial charge in [-0.2, -0.15) is 0 Å². The van der Waals surface area contributed by atoms with Gasteiger partial charge in [-0.3, -0.25) is 4.57 Å². The number of thioether (sulfide) groups is 1. The van der Waals surface area contributed by atoms with Crippen molar-refractivity contribution in [3.63, 3.8) is 0 Å². The summed E-state index contributed by atoms with van der Waals surface area (Å²) < 4.78 is 13.5. The highest BCUT2D eigenvalue weighted by Crippen LogP contribution is 2.29. The Labute approximate surface area is 177 Å². The smallest absolute Gasteiger partial charge is 0.205 e. The maximum absolute atomic E-state index is 5.92. The van der Waals surface area contributed by atoms with Crippen molar-refractivity contribution in [2.45, 2.75) is 17.5 Å². The van der Waals surface area contributed by atoms with Gasteiger partial charge < -0.3 is 8.83 Å². The number of oxazole rings is 1. The first-order chi connectivity index (χ1) is 14.9. The molecule has 0 spiro atoms. The Bertz CT molecular complexity index is 1210. The Morgan fingerprint density at radius 2 is 1.63 bits per heavy atom. The van der Waals surface area contributed by atoms with E-state index in [1.807, 2.05) is 60.7 Å². The van der Waals surface area contributed by atoms with Crippen molar-refractivity contribution in [1.82, 2.24) is 19.7 Å². The second kappa shape index (κ2) is 8.42. The number of benzene rings is 2. The third-order valence-electron chi connectivity index (χ3n) is 4.58. The minimum Gasteiger partial charge on any atom is -0.461 e. The summed E-state index contributed by atoms with van der Waals surface area (Å²) in [4.78, 5) is 4.41. The van der Waals surface area contributed by atoms with Crippen LogP contribution in [0.4, 0.5) is 0 Å². The first-order valence-corrected chi connectivity index (χ1v) is 10.5. The molecule has 6 nitrogen and oxygen atoms in total. The van der Waals surface area contributed by atoms with Gasteiger partial charge in [-0.1, -0.05) is 72.4 Å². The van der Waals surface area contributed by atoms with Crippen LogP contribution in [0.5, 0.6) is 0 Å². The minimum absolute atomic E-state index is 0.553. The van der Waals surface area contributed by atoms with Gasteiger partial charge in [-0.25, -0.2) is 4.98 Å². The molecule has 5 rings (SSSR count). The van der Waals surface area contributed by atoms with Crippen molar-refractivity contribution in [2.24, 2.45) is 0 Å². The maximum atomic E-state index is 5.92. The molecule has 0 unspecified atom stereocenters. The highest BCUT2D eigenvalue weighted by molar-refractivity contribution is 7.98. The molecule has 0 radical (unpaired) electrons. The van der Waals surface area contributed by atoms with E-state index in [-0.39, 0.29) is 0 Å². The van der Waals surface area contributed by atoms with E-state index in [1.165, 1.54) is 11.8 Å². The lowest BCUT2D eigenvalue weighted by Gasteiger charge is -2.08.